The number of nitrogens with two attached hydrogens (primary N) is 1. The maximum absolute atomic E-state index is 15.1. The van der Waals surface area contributed by atoms with E-state index in [1.54, 1.807) is 12.3 Å². The molecule has 1 aliphatic heterocycles. The number of nitrogens with one attached hydrogen (secondary N) is 1. The predicted molar refractivity (Wildman–Crippen MR) is 134 cm³/mol. The summed E-state index contributed by atoms with van der Waals surface area (Å²) < 4.78 is 21.5. The molecule has 6 nitrogen and oxygen atoms in total. The Morgan fingerprint density at radius 3 is 2.76 bits per heavy atom. The largest absolute Gasteiger partial charge is 0.382 e. The number of anilines is 1. The molecule has 3 aromatic rings. The lowest BCUT2D eigenvalue weighted by Gasteiger charge is -2.22. The Morgan fingerprint density at radius 1 is 1.26 bits per heavy atom. The fourth-order valence-electron chi connectivity index (χ4n) is 4.23. The average Bonchev–Trinajstić information content (AvgIpc) is 2.84. The van der Waals surface area contributed by atoms with Crippen LogP contribution < -0.4 is 11.1 Å². The number of carbonyl (C=O) groups is 1. The molecule has 1 amide bonds. The molecule has 0 unspecified atom stereocenters. The van der Waals surface area contributed by atoms with Crippen molar-refractivity contribution in [1.29, 1.82) is 0 Å². The molecule has 34 heavy (non-hydrogen) atoms. The van der Waals surface area contributed by atoms with Crippen LogP contribution >= 0.6 is 15.9 Å². The number of carbonyl (C=O) groups excluding carboxylic acids is 1. The zero-order chi connectivity index (χ0) is 24.1. The molecular formula is C26H28BrFN4O2. The molecule has 8 heteroatoms. The molecule has 2 aromatic carbocycles. The summed E-state index contributed by atoms with van der Waals surface area (Å²) >= 11 is 3.47. The van der Waals surface area contributed by atoms with Gasteiger partial charge in [-0.05, 0) is 49.1 Å². The van der Waals surface area contributed by atoms with Gasteiger partial charge in [-0.2, -0.15) is 0 Å². The van der Waals surface area contributed by atoms with E-state index in [0.717, 1.165) is 41.4 Å². The number of nitrogens with zero attached hydrogens (tertiary/aromatic N) is 2. The van der Waals surface area contributed by atoms with Crippen LogP contribution in [0.5, 0.6) is 0 Å². The van der Waals surface area contributed by atoms with Crippen molar-refractivity contribution < 1.29 is 13.9 Å². The van der Waals surface area contributed by atoms with E-state index in [9.17, 15) is 4.79 Å². The third-order valence-corrected chi connectivity index (χ3v) is 6.57. The van der Waals surface area contributed by atoms with Gasteiger partial charge in [0.15, 0.2) is 0 Å². The van der Waals surface area contributed by atoms with Gasteiger partial charge in [0.2, 0.25) is 0 Å². The highest BCUT2D eigenvalue weighted by Crippen LogP contribution is 2.30. The first-order valence-electron chi connectivity index (χ1n) is 11.5. The maximum Gasteiger partial charge on any atom is 0.254 e. The minimum absolute atomic E-state index is 0.0213. The Hall–Kier alpha value is -2.84. The molecule has 1 fully saturated rings. The summed E-state index contributed by atoms with van der Waals surface area (Å²) in [6.45, 7) is 3.42. The lowest BCUT2D eigenvalue weighted by Crippen LogP contribution is -2.29. The number of benzene rings is 2. The minimum Gasteiger partial charge on any atom is -0.382 e. The van der Waals surface area contributed by atoms with Crippen molar-refractivity contribution in [3.8, 4) is 11.3 Å². The van der Waals surface area contributed by atoms with Gasteiger partial charge >= 0.3 is 0 Å². The summed E-state index contributed by atoms with van der Waals surface area (Å²) in [5.74, 6) is -0.622. The molecule has 4 rings (SSSR count). The second kappa shape index (κ2) is 11.1. The second-order valence-corrected chi connectivity index (χ2v) is 9.40. The molecule has 0 aliphatic carbocycles. The van der Waals surface area contributed by atoms with E-state index >= 15 is 4.39 Å². The van der Waals surface area contributed by atoms with Crippen LogP contribution in [0.15, 0.2) is 53.1 Å². The highest BCUT2D eigenvalue weighted by molar-refractivity contribution is 9.10. The Balaban J connectivity index is 1.56. The lowest BCUT2D eigenvalue weighted by atomic mass is 9.96. The molecule has 1 atom stereocenters. The van der Waals surface area contributed by atoms with Crippen LogP contribution in [0.25, 0.3) is 11.3 Å². The van der Waals surface area contributed by atoms with Crippen LogP contribution in [-0.2, 0) is 4.74 Å². The van der Waals surface area contributed by atoms with E-state index in [0.29, 0.717) is 24.5 Å². The van der Waals surface area contributed by atoms with Gasteiger partial charge < -0.3 is 15.8 Å². The molecule has 178 valence electrons. The molecule has 0 bridgehead atoms. The number of aromatic nitrogens is 2. The van der Waals surface area contributed by atoms with E-state index in [2.05, 4.69) is 31.2 Å². The number of amides is 1. The topological polar surface area (TPSA) is 90.1 Å². The summed E-state index contributed by atoms with van der Waals surface area (Å²) in [5, 5.41) is 2.98. The summed E-state index contributed by atoms with van der Waals surface area (Å²) in [5.41, 5.74) is 8.76. The van der Waals surface area contributed by atoms with E-state index in [1.165, 1.54) is 12.1 Å². The van der Waals surface area contributed by atoms with Gasteiger partial charge in [-0.15, -0.1) is 0 Å². The molecule has 0 saturated carbocycles. The number of hydrogen-bond donors (Lipinski definition) is 2. The molecule has 3 N–H and O–H groups in total. The Morgan fingerprint density at radius 2 is 2.06 bits per heavy atom. The van der Waals surface area contributed by atoms with Crippen LogP contribution in [0.3, 0.4) is 0 Å². The van der Waals surface area contributed by atoms with Crippen molar-refractivity contribution in [2.24, 2.45) is 0 Å². The van der Waals surface area contributed by atoms with E-state index in [1.807, 2.05) is 31.2 Å². The van der Waals surface area contributed by atoms with Crippen LogP contribution in [0.4, 0.5) is 10.2 Å². The summed E-state index contributed by atoms with van der Waals surface area (Å²) in [7, 11) is 0. The highest BCUT2D eigenvalue weighted by Gasteiger charge is 2.22. The average molecular weight is 527 g/mol. The summed E-state index contributed by atoms with van der Waals surface area (Å²) in [4.78, 5) is 21.9. The van der Waals surface area contributed by atoms with Crippen molar-refractivity contribution in [3.05, 3.63) is 75.8 Å². The first-order chi connectivity index (χ1) is 16.5. The second-order valence-electron chi connectivity index (χ2n) is 8.48. The Bertz CT molecular complexity index is 1170. The predicted octanol–water partition coefficient (Wildman–Crippen LogP) is 5.79. The lowest BCUT2D eigenvalue weighted by molar-refractivity contribution is 0.0844. The molecule has 2 heterocycles. The molecular weight excluding hydrogens is 499 g/mol. The van der Waals surface area contributed by atoms with Crippen molar-refractivity contribution in [3.63, 3.8) is 0 Å². The standard InChI is InChI=1S/C26H28BrFN4O2/c1-2-4-22(17-5-3-6-19(27)13-17)32-26(33)20-8-7-18(14-21(20)28)24-25(29)30-15-23(31-24)16-9-11-34-12-10-16/h3,5-8,13-16,22H,2,4,9-12H2,1H3,(H2,29,30)(H,32,33)/t22-/m1/s1. The van der Waals surface area contributed by atoms with Gasteiger partial charge in [0.05, 0.1) is 23.5 Å². The van der Waals surface area contributed by atoms with Crippen molar-refractivity contribution >= 4 is 27.7 Å². The SMILES string of the molecule is CCC[C@@H](NC(=O)c1ccc(-c2nc(C3CCOCC3)cnc2N)cc1F)c1cccc(Br)c1. The monoisotopic (exact) mass is 526 g/mol. The van der Waals surface area contributed by atoms with E-state index in [4.69, 9.17) is 10.5 Å². The van der Waals surface area contributed by atoms with Gasteiger partial charge in [0.1, 0.15) is 17.3 Å². The number of halogens is 2. The van der Waals surface area contributed by atoms with Gasteiger partial charge in [0, 0.05) is 29.2 Å². The highest BCUT2D eigenvalue weighted by atomic mass is 79.9. The van der Waals surface area contributed by atoms with Gasteiger partial charge in [-0.25, -0.2) is 14.4 Å². The summed E-state index contributed by atoms with van der Waals surface area (Å²) in [6.07, 6.45) is 5.03. The van der Waals surface area contributed by atoms with Crippen LogP contribution in [0, 0.1) is 5.82 Å². The first-order valence-corrected chi connectivity index (χ1v) is 12.3. The van der Waals surface area contributed by atoms with Gasteiger partial charge in [-0.3, -0.25) is 4.79 Å². The first kappa shape index (κ1) is 24.3. The number of ether oxygens (including phenoxy) is 1. The van der Waals surface area contributed by atoms with Crippen molar-refractivity contribution in [1.82, 2.24) is 15.3 Å². The fourth-order valence-corrected chi connectivity index (χ4v) is 4.65. The van der Waals surface area contributed by atoms with Crippen LogP contribution in [0.1, 0.15) is 66.2 Å². The zero-order valence-electron chi connectivity index (χ0n) is 19.1. The third kappa shape index (κ3) is 5.62. The smallest absolute Gasteiger partial charge is 0.254 e. The molecule has 0 radical (unpaired) electrons. The van der Waals surface area contributed by atoms with E-state index < -0.39 is 11.7 Å². The summed E-state index contributed by atoms with van der Waals surface area (Å²) in [6, 6.07) is 12.0. The van der Waals surface area contributed by atoms with Crippen LogP contribution in [-0.4, -0.2) is 29.1 Å². The van der Waals surface area contributed by atoms with E-state index in [-0.39, 0.29) is 23.3 Å². The maximum atomic E-state index is 15.1. The van der Waals surface area contributed by atoms with Gasteiger partial charge in [-0.1, -0.05) is 47.5 Å². The molecule has 1 aliphatic rings. The number of hydrogen-bond acceptors (Lipinski definition) is 5. The third-order valence-electron chi connectivity index (χ3n) is 6.08. The minimum atomic E-state index is -0.628. The van der Waals surface area contributed by atoms with Crippen molar-refractivity contribution in [2.75, 3.05) is 18.9 Å². The van der Waals surface area contributed by atoms with Crippen molar-refractivity contribution in [2.45, 2.75) is 44.6 Å². The fraction of sp³-hybridized carbons (Fsp3) is 0.346. The Labute approximate surface area is 207 Å². The number of rotatable bonds is 7. The molecule has 1 aromatic heterocycles. The molecule has 1 saturated heterocycles. The van der Waals surface area contributed by atoms with Gasteiger partial charge in [0.25, 0.3) is 5.91 Å². The molecule has 0 spiro atoms. The van der Waals surface area contributed by atoms with Crippen LogP contribution in [0.2, 0.25) is 0 Å². The normalized spacial score (nSPS) is 15.1. The quantitative estimate of drug-likeness (QED) is 0.406. The Kier molecular flexibility index (Phi) is 7.90. The zero-order valence-corrected chi connectivity index (χ0v) is 20.6. The number of nitrogen functional groups attached to an aromatic ring is 1.